The average molecular weight is 264 g/mol. The summed E-state index contributed by atoms with van der Waals surface area (Å²) >= 11 is 5.78. The summed E-state index contributed by atoms with van der Waals surface area (Å²) in [7, 11) is 1.74. The molecule has 0 radical (unpaired) electrons. The summed E-state index contributed by atoms with van der Waals surface area (Å²) in [6, 6.07) is 10.2. The van der Waals surface area contributed by atoms with Crippen molar-refractivity contribution in [1.82, 2.24) is 15.0 Å². The summed E-state index contributed by atoms with van der Waals surface area (Å²) in [5.41, 5.74) is 1.26. The summed E-state index contributed by atoms with van der Waals surface area (Å²) in [6.45, 7) is 0.744. The molecule has 18 heavy (non-hydrogen) atoms. The molecule has 1 aromatic carbocycles. The fourth-order valence-corrected chi connectivity index (χ4v) is 1.66. The first-order chi connectivity index (χ1) is 8.78. The van der Waals surface area contributed by atoms with Crippen molar-refractivity contribution in [1.29, 1.82) is 0 Å². The molecule has 2 N–H and O–H groups in total. The van der Waals surface area contributed by atoms with Crippen molar-refractivity contribution >= 4 is 23.5 Å². The van der Waals surface area contributed by atoms with Gasteiger partial charge in [0.15, 0.2) is 0 Å². The van der Waals surface area contributed by atoms with Crippen LogP contribution in [0.15, 0.2) is 30.3 Å². The Morgan fingerprint density at radius 2 is 1.78 bits per heavy atom. The van der Waals surface area contributed by atoms with Crippen molar-refractivity contribution in [2.24, 2.45) is 0 Å². The molecular formula is C12H14ClN5. The Kier molecular flexibility index (Phi) is 4.30. The zero-order valence-corrected chi connectivity index (χ0v) is 10.8. The fraction of sp³-hybridized carbons (Fsp3) is 0.250. The fourth-order valence-electron chi connectivity index (χ4n) is 1.50. The van der Waals surface area contributed by atoms with E-state index in [1.807, 2.05) is 18.2 Å². The van der Waals surface area contributed by atoms with E-state index >= 15 is 0 Å². The average Bonchev–Trinajstić information content (AvgIpc) is 2.39. The quantitative estimate of drug-likeness (QED) is 0.866. The molecule has 5 nitrogen and oxygen atoms in total. The predicted octanol–water partition coefficient (Wildman–Crippen LogP) is 2.22. The molecule has 0 saturated carbocycles. The van der Waals surface area contributed by atoms with Crippen molar-refractivity contribution in [2.45, 2.75) is 6.42 Å². The first-order valence-corrected chi connectivity index (χ1v) is 6.03. The van der Waals surface area contributed by atoms with Gasteiger partial charge in [-0.3, -0.25) is 0 Å². The minimum atomic E-state index is 0.177. The Bertz CT molecular complexity index is 503. The molecule has 1 aromatic heterocycles. The van der Waals surface area contributed by atoms with Gasteiger partial charge in [0.25, 0.3) is 0 Å². The molecular weight excluding hydrogens is 250 g/mol. The molecule has 1 heterocycles. The third-order valence-electron chi connectivity index (χ3n) is 2.37. The Morgan fingerprint density at radius 1 is 1.06 bits per heavy atom. The van der Waals surface area contributed by atoms with Crippen LogP contribution < -0.4 is 10.6 Å². The lowest BCUT2D eigenvalue weighted by Gasteiger charge is -2.06. The lowest BCUT2D eigenvalue weighted by Crippen LogP contribution is -2.10. The first-order valence-electron chi connectivity index (χ1n) is 5.65. The monoisotopic (exact) mass is 263 g/mol. The van der Waals surface area contributed by atoms with Gasteiger partial charge in [-0.1, -0.05) is 30.3 Å². The molecule has 0 amide bonds. The molecule has 2 aromatic rings. The second-order valence-electron chi connectivity index (χ2n) is 3.66. The van der Waals surface area contributed by atoms with Crippen LogP contribution in [-0.4, -0.2) is 28.5 Å². The molecule has 0 saturated heterocycles. The number of hydrogen-bond donors (Lipinski definition) is 2. The highest BCUT2D eigenvalue weighted by atomic mass is 35.5. The number of benzene rings is 1. The lowest BCUT2D eigenvalue weighted by molar-refractivity contribution is 0.964. The highest BCUT2D eigenvalue weighted by molar-refractivity contribution is 6.28. The maximum atomic E-state index is 5.78. The van der Waals surface area contributed by atoms with Crippen LogP contribution in [0.3, 0.4) is 0 Å². The maximum Gasteiger partial charge on any atom is 0.228 e. The normalized spacial score (nSPS) is 10.1. The number of anilines is 2. The number of nitrogens with one attached hydrogen (secondary N) is 2. The molecule has 6 heteroatoms. The number of rotatable bonds is 5. The third-order valence-corrected chi connectivity index (χ3v) is 2.54. The highest BCUT2D eigenvalue weighted by Gasteiger charge is 2.02. The van der Waals surface area contributed by atoms with Crippen molar-refractivity contribution in [3.63, 3.8) is 0 Å². The van der Waals surface area contributed by atoms with Crippen LogP contribution in [0.25, 0.3) is 0 Å². The van der Waals surface area contributed by atoms with Crippen LogP contribution in [0, 0.1) is 0 Å². The van der Waals surface area contributed by atoms with Crippen molar-refractivity contribution in [3.05, 3.63) is 41.2 Å². The van der Waals surface area contributed by atoms with Gasteiger partial charge in [0, 0.05) is 13.6 Å². The van der Waals surface area contributed by atoms with Gasteiger partial charge in [-0.15, -0.1) is 0 Å². The van der Waals surface area contributed by atoms with Crippen LogP contribution in [0.5, 0.6) is 0 Å². The van der Waals surface area contributed by atoms with Gasteiger partial charge in [-0.2, -0.15) is 15.0 Å². The molecule has 0 aliphatic carbocycles. The van der Waals surface area contributed by atoms with E-state index in [1.54, 1.807) is 7.05 Å². The summed E-state index contributed by atoms with van der Waals surface area (Å²) in [5, 5.41) is 6.13. The predicted molar refractivity (Wildman–Crippen MR) is 73.0 cm³/mol. The molecule has 0 unspecified atom stereocenters. The second kappa shape index (κ2) is 6.16. The number of hydrogen-bond acceptors (Lipinski definition) is 5. The number of nitrogens with zero attached hydrogens (tertiary/aromatic N) is 3. The SMILES string of the molecule is CNc1nc(Cl)nc(NCCc2ccccc2)n1. The molecule has 2 rings (SSSR count). The first kappa shape index (κ1) is 12.6. The van der Waals surface area contributed by atoms with Gasteiger partial charge in [-0.05, 0) is 23.6 Å². The molecule has 0 fully saturated rings. The van der Waals surface area contributed by atoms with Gasteiger partial charge in [0.2, 0.25) is 17.2 Å². The minimum absolute atomic E-state index is 0.177. The van der Waals surface area contributed by atoms with Gasteiger partial charge in [0.1, 0.15) is 0 Å². The van der Waals surface area contributed by atoms with Crippen LogP contribution in [-0.2, 0) is 6.42 Å². The van der Waals surface area contributed by atoms with Crippen LogP contribution >= 0.6 is 11.6 Å². The molecule has 0 spiro atoms. The second-order valence-corrected chi connectivity index (χ2v) is 4.00. The topological polar surface area (TPSA) is 62.7 Å². The van der Waals surface area contributed by atoms with Gasteiger partial charge < -0.3 is 10.6 Å². The van der Waals surface area contributed by atoms with Gasteiger partial charge in [0.05, 0.1) is 0 Å². The van der Waals surface area contributed by atoms with E-state index in [0.717, 1.165) is 13.0 Å². The van der Waals surface area contributed by atoms with E-state index in [1.165, 1.54) is 5.56 Å². The smallest absolute Gasteiger partial charge is 0.228 e. The zero-order valence-electron chi connectivity index (χ0n) is 10.0. The molecule has 0 aliphatic heterocycles. The standard InChI is InChI=1S/C12H14ClN5/c1-14-11-16-10(13)17-12(18-11)15-8-7-9-5-3-2-4-6-9/h2-6H,7-8H2,1H3,(H2,14,15,16,17,18). The highest BCUT2D eigenvalue weighted by Crippen LogP contribution is 2.09. The Hall–Kier alpha value is -1.88. The van der Waals surface area contributed by atoms with Crippen molar-refractivity contribution < 1.29 is 0 Å². The molecule has 94 valence electrons. The Balaban J connectivity index is 1.92. The number of aromatic nitrogens is 3. The lowest BCUT2D eigenvalue weighted by atomic mass is 10.1. The van der Waals surface area contributed by atoms with E-state index < -0.39 is 0 Å². The van der Waals surface area contributed by atoms with E-state index in [-0.39, 0.29) is 5.28 Å². The van der Waals surface area contributed by atoms with Gasteiger partial charge >= 0.3 is 0 Å². The minimum Gasteiger partial charge on any atom is -0.357 e. The Labute approximate surface area is 111 Å². The number of halogens is 1. The molecule has 0 bridgehead atoms. The van der Waals surface area contributed by atoms with Crippen LogP contribution in [0.4, 0.5) is 11.9 Å². The van der Waals surface area contributed by atoms with E-state index in [2.05, 4.69) is 37.7 Å². The van der Waals surface area contributed by atoms with Crippen molar-refractivity contribution in [3.8, 4) is 0 Å². The van der Waals surface area contributed by atoms with Crippen LogP contribution in [0.2, 0.25) is 5.28 Å². The third kappa shape index (κ3) is 3.56. The Morgan fingerprint density at radius 3 is 2.50 bits per heavy atom. The largest absolute Gasteiger partial charge is 0.357 e. The summed E-state index contributed by atoms with van der Waals surface area (Å²) < 4.78 is 0. The molecule has 0 atom stereocenters. The van der Waals surface area contributed by atoms with Gasteiger partial charge in [-0.25, -0.2) is 0 Å². The van der Waals surface area contributed by atoms with E-state index in [0.29, 0.717) is 11.9 Å². The van der Waals surface area contributed by atoms with E-state index in [4.69, 9.17) is 11.6 Å². The zero-order chi connectivity index (χ0) is 12.8. The molecule has 0 aliphatic rings. The van der Waals surface area contributed by atoms with Crippen LogP contribution in [0.1, 0.15) is 5.56 Å². The van der Waals surface area contributed by atoms with E-state index in [9.17, 15) is 0 Å². The maximum absolute atomic E-state index is 5.78. The summed E-state index contributed by atoms with van der Waals surface area (Å²) in [6.07, 6.45) is 0.902. The van der Waals surface area contributed by atoms with Crippen molar-refractivity contribution in [2.75, 3.05) is 24.2 Å². The summed E-state index contributed by atoms with van der Waals surface area (Å²) in [5.74, 6) is 0.937. The summed E-state index contributed by atoms with van der Waals surface area (Å²) in [4.78, 5) is 12.1.